The maximum absolute atomic E-state index is 12.6. The van der Waals surface area contributed by atoms with Crippen molar-refractivity contribution in [1.29, 1.82) is 0 Å². The molecule has 0 saturated heterocycles. The highest BCUT2D eigenvalue weighted by Gasteiger charge is 2.40. The van der Waals surface area contributed by atoms with Gasteiger partial charge < -0.3 is 10.2 Å². The van der Waals surface area contributed by atoms with Crippen LogP contribution in [-0.2, 0) is 19.4 Å². The molecule has 2 aliphatic carbocycles. The Morgan fingerprint density at radius 3 is 1.19 bits per heavy atom. The van der Waals surface area contributed by atoms with Crippen molar-refractivity contribution in [2.24, 2.45) is 11.8 Å². The molecule has 2 aliphatic rings. The van der Waals surface area contributed by atoms with E-state index in [9.17, 15) is 18.0 Å². The summed E-state index contributed by atoms with van der Waals surface area (Å²) in [6.07, 6.45) is 3.34. The van der Waals surface area contributed by atoms with Gasteiger partial charge >= 0.3 is 11.9 Å². The lowest BCUT2D eigenvalue weighted by atomic mass is 9.89. The second-order valence-electron chi connectivity index (χ2n) is 6.21. The van der Waals surface area contributed by atoms with Crippen LogP contribution in [-0.4, -0.2) is 41.1 Å². The van der Waals surface area contributed by atoms with Gasteiger partial charge in [0.05, 0.1) is 22.3 Å². The molecule has 0 heterocycles. The first-order chi connectivity index (χ1) is 9.82. The fourth-order valence-electron chi connectivity index (χ4n) is 3.55. The third-order valence-corrected chi connectivity index (χ3v) is 7.78. The number of carbonyl (C=O) groups is 2. The summed E-state index contributed by atoms with van der Waals surface area (Å²) in [5, 5.41) is 17.0. The Kier molecular flexibility index (Phi) is 4.91. The van der Waals surface area contributed by atoms with Gasteiger partial charge in [0.2, 0.25) is 0 Å². The largest absolute Gasteiger partial charge is 0.481 e. The van der Waals surface area contributed by atoms with E-state index in [-0.39, 0.29) is 0 Å². The smallest absolute Gasteiger partial charge is 0.306 e. The molecule has 0 aromatic heterocycles. The lowest BCUT2D eigenvalue weighted by Gasteiger charge is -2.32. The molecule has 2 N–H and O–H groups in total. The second-order valence-corrected chi connectivity index (χ2v) is 8.72. The van der Waals surface area contributed by atoms with Crippen molar-refractivity contribution in [2.75, 3.05) is 0 Å². The molecule has 2 fully saturated rings. The Bertz CT molecular complexity index is 456. The van der Waals surface area contributed by atoms with E-state index in [2.05, 4.69) is 0 Å². The summed E-state index contributed by atoms with van der Waals surface area (Å²) in [7, 11) is -3.27. The summed E-state index contributed by atoms with van der Waals surface area (Å²) in [5.74, 6) is -2.51. The van der Waals surface area contributed by atoms with E-state index in [1.165, 1.54) is 0 Å². The minimum absolute atomic E-state index is 0.415. The van der Waals surface area contributed by atoms with Crippen LogP contribution < -0.4 is 0 Å². The summed E-state index contributed by atoms with van der Waals surface area (Å²) < 4.78 is 25.2. The van der Waals surface area contributed by atoms with Crippen molar-refractivity contribution in [3.63, 3.8) is 0 Å². The number of sulfone groups is 1. The molecule has 21 heavy (non-hydrogen) atoms. The molecule has 0 aromatic rings. The van der Waals surface area contributed by atoms with E-state index in [4.69, 9.17) is 10.2 Å². The van der Waals surface area contributed by atoms with Crippen LogP contribution in [0.1, 0.15) is 51.4 Å². The first-order valence-corrected chi connectivity index (χ1v) is 9.11. The standard InChI is InChI=1S/C14H22O6S/c15-13(16)9-1-5-11(6-2-9)21(19,20)12-7-3-10(4-8-12)14(17)18/h9-12H,1-8H2,(H,15,16)(H,17,18). The number of rotatable bonds is 4. The minimum atomic E-state index is -3.27. The normalized spacial score (nSPS) is 34.3. The van der Waals surface area contributed by atoms with E-state index >= 15 is 0 Å². The predicted molar refractivity (Wildman–Crippen MR) is 75.7 cm³/mol. The monoisotopic (exact) mass is 318 g/mol. The van der Waals surface area contributed by atoms with Crippen LogP contribution in [0.2, 0.25) is 0 Å². The van der Waals surface area contributed by atoms with Crippen molar-refractivity contribution in [3.8, 4) is 0 Å². The number of hydrogen-bond acceptors (Lipinski definition) is 4. The lowest BCUT2D eigenvalue weighted by molar-refractivity contribution is -0.143. The van der Waals surface area contributed by atoms with Gasteiger partial charge in [-0.25, -0.2) is 8.42 Å². The number of carboxylic acid groups (broad SMARTS) is 2. The Balaban J connectivity index is 1.94. The molecular formula is C14H22O6S. The molecule has 0 aromatic carbocycles. The van der Waals surface area contributed by atoms with Gasteiger partial charge in [0.25, 0.3) is 0 Å². The van der Waals surface area contributed by atoms with E-state index in [1.54, 1.807) is 0 Å². The summed E-state index contributed by atoms with van der Waals surface area (Å²) in [6, 6.07) is 0. The molecule has 7 heteroatoms. The van der Waals surface area contributed by atoms with E-state index in [0.29, 0.717) is 51.4 Å². The lowest BCUT2D eigenvalue weighted by Crippen LogP contribution is -2.38. The number of aliphatic carboxylic acids is 2. The fraction of sp³-hybridized carbons (Fsp3) is 0.857. The van der Waals surface area contributed by atoms with Crippen LogP contribution in [0, 0.1) is 11.8 Å². The quantitative estimate of drug-likeness (QED) is 0.816. The molecular weight excluding hydrogens is 296 g/mol. The summed E-state index contributed by atoms with van der Waals surface area (Å²) in [4.78, 5) is 21.8. The van der Waals surface area contributed by atoms with Gasteiger partial charge in [-0.3, -0.25) is 9.59 Å². The molecule has 0 aliphatic heterocycles. The van der Waals surface area contributed by atoms with E-state index in [1.807, 2.05) is 0 Å². The second kappa shape index (κ2) is 6.34. The van der Waals surface area contributed by atoms with Crippen molar-refractivity contribution < 1.29 is 28.2 Å². The van der Waals surface area contributed by atoms with Crippen LogP contribution in [0.25, 0.3) is 0 Å². The zero-order valence-corrected chi connectivity index (χ0v) is 12.7. The molecule has 0 atom stereocenters. The fourth-order valence-corrected chi connectivity index (χ4v) is 5.95. The van der Waals surface area contributed by atoms with Crippen LogP contribution >= 0.6 is 0 Å². The Hall–Kier alpha value is -1.11. The minimum Gasteiger partial charge on any atom is -0.481 e. The summed E-state index contributed by atoms with van der Waals surface area (Å²) in [5.41, 5.74) is 0. The Morgan fingerprint density at radius 2 is 0.952 bits per heavy atom. The zero-order valence-electron chi connectivity index (χ0n) is 11.9. The molecule has 0 amide bonds. The first-order valence-electron chi connectivity index (χ1n) is 7.50. The highest BCUT2D eigenvalue weighted by atomic mass is 32.2. The average molecular weight is 318 g/mol. The third kappa shape index (κ3) is 3.56. The Morgan fingerprint density at radius 1 is 0.667 bits per heavy atom. The van der Waals surface area contributed by atoms with Crippen LogP contribution in [0.15, 0.2) is 0 Å². The van der Waals surface area contributed by atoms with Gasteiger partial charge in [0.15, 0.2) is 9.84 Å². The SMILES string of the molecule is O=C(O)C1CCC(S(=O)(=O)C2CCC(C(=O)O)CC2)CC1. The molecule has 120 valence electrons. The zero-order chi connectivity index (χ0) is 15.6. The van der Waals surface area contributed by atoms with Gasteiger partial charge in [-0.2, -0.15) is 0 Å². The summed E-state index contributed by atoms with van der Waals surface area (Å²) >= 11 is 0. The van der Waals surface area contributed by atoms with Crippen LogP contribution in [0.5, 0.6) is 0 Å². The molecule has 0 radical (unpaired) electrons. The number of carboxylic acids is 2. The number of hydrogen-bond donors (Lipinski definition) is 2. The van der Waals surface area contributed by atoms with E-state index in [0.717, 1.165) is 0 Å². The van der Waals surface area contributed by atoms with E-state index < -0.39 is 44.1 Å². The highest BCUT2D eigenvalue weighted by Crippen LogP contribution is 2.36. The molecule has 0 bridgehead atoms. The average Bonchev–Trinajstić information content (AvgIpc) is 2.47. The van der Waals surface area contributed by atoms with Gasteiger partial charge in [-0.1, -0.05) is 0 Å². The predicted octanol–water partition coefficient (Wildman–Crippen LogP) is 1.69. The van der Waals surface area contributed by atoms with Gasteiger partial charge in [-0.05, 0) is 51.4 Å². The van der Waals surface area contributed by atoms with Crippen LogP contribution in [0.4, 0.5) is 0 Å². The van der Waals surface area contributed by atoms with Gasteiger partial charge in [0, 0.05) is 0 Å². The molecule has 0 spiro atoms. The van der Waals surface area contributed by atoms with Crippen LogP contribution in [0.3, 0.4) is 0 Å². The van der Waals surface area contributed by atoms with Crippen molar-refractivity contribution in [3.05, 3.63) is 0 Å². The van der Waals surface area contributed by atoms with Crippen molar-refractivity contribution in [2.45, 2.75) is 61.9 Å². The molecule has 2 saturated carbocycles. The van der Waals surface area contributed by atoms with Crippen molar-refractivity contribution >= 4 is 21.8 Å². The first kappa shape index (κ1) is 16.3. The van der Waals surface area contributed by atoms with Crippen molar-refractivity contribution in [1.82, 2.24) is 0 Å². The summed E-state index contributed by atoms with van der Waals surface area (Å²) in [6.45, 7) is 0. The third-order valence-electron chi connectivity index (χ3n) is 4.98. The van der Waals surface area contributed by atoms with Gasteiger partial charge in [0.1, 0.15) is 0 Å². The molecule has 0 unspecified atom stereocenters. The van der Waals surface area contributed by atoms with Gasteiger partial charge in [-0.15, -0.1) is 0 Å². The maximum atomic E-state index is 12.6. The topological polar surface area (TPSA) is 109 Å². The molecule has 2 rings (SSSR count). The molecule has 6 nitrogen and oxygen atoms in total. The Labute approximate surface area is 124 Å². The highest BCUT2D eigenvalue weighted by molar-refractivity contribution is 7.92. The maximum Gasteiger partial charge on any atom is 0.306 e.